The molecule has 0 radical (unpaired) electrons. The van der Waals surface area contributed by atoms with Crippen LogP contribution < -0.4 is 4.74 Å². The summed E-state index contributed by atoms with van der Waals surface area (Å²) in [6, 6.07) is 12.1. The molecule has 1 N–H and O–H groups in total. The van der Waals surface area contributed by atoms with Crippen molar-refractivity contribution >= 4 is 46.6 Å². The van der Waals surface area contributed by atoms with Gasteiger partial charge in [0.25, 0.3) is 0 Å². The molecular formula is C29H26Cl2N2O5. The number of aliphatic imine (C=N–C) groups is 2. The van der Waals surface area contributed by atoms with Crippen molar-refractivity contribution in [3.05, 3.63) is 87.4 Å². The van der Waals surface area contributed by atoms with Gasteiger partial charge in [-0.05, 0) is 55.7 Å². The third-order valence-corrected chi connectivity index (χ3v) is 7.13. The summed E-state index contributed by atoms with van der Waals surface area (Å²) in [5.74, 6) is -0.623. The highest BCUT2D eigenvalue weighted by Gasteiger charge is 2.31. The van der Waals surface area contributed by atoms with Gasteiger partial charge in [-0.1, -0.05) is 47.5 Å². The standard InChI is InChI=1S/C29H26Cl2N2O5/c30-19-8-5-17(6-9-19)28-23(3-1-2-4-27(34)35)32-24-15-18(7-12-22(24)33-28)29(36)38-25-13-14-37-26-16-20(31)10-11-21(25)26/h5-12,15-16,22,24-25H,1-4,13-14H2,(H,34,35)/t22?,24?,25-/m1/s1. The summed E-state index contributed by atoms with van der Waals surface area (Å²) in [7, 11) is 0. The number of carboxylic acids is 1. The molecule has 0 fully saturated rings. The molecule has 0 amide bonds. The molecule has 2 aliphatic heterocycles. The number of fused-ring (bicyclic) bond motifs is 2. The van der Waals surface area contributed by atoms with Crippen LogP contribution in [0.15, 0.2) is 76.3 Å². The summed E-state index contributed by atoms with van der Waals surface area (Å²) < 4.78 is 11.5. The molecule has 1 aliphatic carbocycles. The fourth-order valence-electron chi connectivity index (χ4n) is 4.74. The topological polar surface area (TPSA) is 97.5 Å². The minimum absolute atomic E-state index is 0.104. The van der Waals surface area contributed by atoms with Crippen molar-refractivity contribution in [2.75, 3.05) is 6.61 Å². The number of hydrogen-bond acceptors (Lipinski definition) is 6. The minimum Gasteiger partial charge on any atom is -0.493 e. The summed E-state index contributed by atoms with van der Waals surface area (Å²) in [6.07, 6.45) is 7.43. The average molecular weight is 553 g/mol. The van der Waals surface area contributed by atoms with Crippen LogP contribution in [-0.4, -0.2) is 47.2 Å². The first-order valence-electron chi connectivity index (χ1n) is 12.5. The van der Waals surface area contributed by atoms with Crippen LogP contribution in [0.3, 0.4) is 0 Å². The number of esters is 1. The Morgan fingerprint density at radius 2 is 1.82 bits per heavy atom. The third kappa shape index (κ3) is 6.00. The van der Waals surface area contributed by atoms with E-state index in [0.29, 0.717) is 53.7 Å². The van der Waals surface area contributed by atoms with Gasteiger partial charge in [-0.2, -0.15) is 0 Å². The molecule has 2 unspecified atom stereocenters. The zero-order chi connectivity index (χ0) is 26.6. The number of unbranched alkanes of at least 4 members (excludes halogenated alkanes) is 1. The molecule has 0 saturated heterocycles. The molecule has 0 saturated carbocycles. The molecule has 0 spiro atoms. The number of nitrogens with zero attached hydrogens (tertiary/aromatic N) is 2. The fraction of sp³-hybridized carbons (Fsp3) is 0.310. The number of benzene rings is 2. The minimum atomic E-state index is -0.819. The van der Waals surface area contributed by atoms with Gasteiger partial charge in [0.2, 0.25) is 0 Å². The van der Waals surface area contributed by atoms with E-state index in [0.717, 1.165) is 22.6 Å². The van der Waals surface area contributed by atoms with E-state index in [2.05, 4.69) is 0 Å². The van der Waals surface area contributed by atoms with Crippen molar-refractivity contribution in [3.63, 3.8) is 0 Å². The fourth-order valence-corrected chi connectivity index (χ4v) is 5.03. The van der Waals surface area contributed by atoms with Gasteiger partial charge in [-0.15, -0.1) is 0 Å². The lowest BCUT2D eigenvalue weighted by Gasteiger charge is -2.29. The molecule has 9 heteroatoms. The number of hydrogen-bond donors (Lipinski definition) is 1. The second-order valence-electron chi connectivity index (χ2n) is 9.34. The molecule has 2 aromatic rings. The number of halogens is 2. The molecule has 7 nitrogen and oxygen atoms in total. The maximum Gasteiger partial charge on any atom is 0.338 e. The maximum atomic E-state index is 13.1. The lowest BCUT2D eigenvalue weighted by atomic mass is 9.93. The third-order valence-electron chi connectivity index (χ3n) is 6.65. The molecule has 3 atom stereocenters. The first kappa shape index (κ1) is 26.2. The Hall–Kier alpha value is -3.42. The Balaban J connectivity index is 1.35. The predicted octanol–water partition coefficient (Wildman–Crippen LogP) is 6.18. The van der Waals surface area contributed by atoms with Gasteiger partial charge in [0.05, 0.1) is 35.7 Å². The van der Waals surface area contributed by atoms with Crippen LogP contribution in [0.2, 0.25) is 10.0 Å². The van der Waals surface area contributed by atoms with Gasteiger partial charge >= 0.3 is 11.9 Å². The van der Waals surface area contributed by atoms with E-state index >= 15 is 0 Å². The number of carboxylic acid groups (broad SMARTS) is 1. The highest BCUT2D eigenvalue weighted by atomic mass is 35.5. The zero-order valence-electron chi connectivity index (χ0n) is 20.5. The molecule has 2 heterocycles. The maximum absolute atomic E-state index is 13.1. The van der Waals surface area contributed by atoms with E-state index in [-0.39, 0.29) is 18.5 Å². The molecule has 3 aliphatic rings. The molecule has 38 heavy (non-hydrogen) atoms. The Bertz CT molecular complexity index is 1360. The van der Waals surface area contributed by atoms with Gasteiger partial charge in [0.1, 0.15) is 11.9 Å². The largest absolute Gasteiger partial charge is 0.493 e. The van der Waals surface area contributed by atoms with Crippen molar-refractivity contribution in [1.82, 2.24) is 0 Å². The van der Waals surface area contributed by atoms with Gasteiger partial charge in [-0.25, -0.2) is 4.79 Å². The number of rotatable bonds is 8. The van der Waals surface area contributed by atoms with Crippen LogP contribution in [-0.2, 0) is 14.3 Å². The van der Waals surface area contributed by atoms with Crippen molar-refractivity contribution in [2.24, 2.45) is 9.98 Å². The number of carbonyl (C=O) groups excluding carboxylic acids is 1. The monoisotopic (exact) mass is 552 g/mol. The van der Waals surface area contributed by atoms with Crippen LogP contribution in [0, 0.1) is 0 Å². The molecule has 2 aromatic carbocycles. The van der Waals surface area contributed by atoms with E-state index < -0.39 is 18.0 Å². The van der Waals surface area contributed by atoms with E-state index in [9.17, 15) is 9.59 Å². The second-order valence-corrected chi connectivity index (χ2v) is 10.2. The SMILES string of the molecule is O=C(O)CCCCC1=NC2C=C(C(=O)O[C@@H]3CCOc4cc(Cl)ccc43)C=CC2N=C1c1ccc(Cl)cc1. The molecule has 5 rings (SSSR count). The molecule has 0 aromatic heterocycles. The lowest BCUT2D eigenvalue weighted by molar-refractivity contribution is -0.145. The quantitative estimate of drug-likeness (QED) is 0.311. The summed E-state index contributed by atoms with van der Waals surface area (Å²) in [4.78, 5) is 34.0. The Morgan fingerprint density at radius 3 is 2.61 bits per heavy atom. The van der Waals surface area contributed by atoms with E-state index in [1.807, 2.05) is 24.3 Å². The Kier molecular flexibility index (Phi) is 7.95. The zero-order valence-corrected chi connectivity index (χ0v) is 22.0. The summed E-state index contributed by atoms with van der Waals surface area (Å²) >= 11 is 12.2. The van der Waals surface area contributed by atoms with Crippen molar-refractivity contribution in [2.45, 2.75) is 50.3 Å². The number of ether oxygens (including phenoxy) is 2. The summed E-state index contributed by atoms with van der Waals surface area (Å²) in [5.41, 5.74) is 3.66. The summed E-state index contributed by atoms with van der Waals surface area (Å²) in [5, 5.41) is 10.2. The van der Waals surface area contributed by atoms with E-state index in [1.165, 1.54) is 0 Å². The highest BCUT2D eigenvalue weighted by molar-refractivity contribution is 6.49. The number of carbonyl (C=O) groups is 2. The Labute approximate surface area is 230 Å². The molecular weight excluding hydrogens is 527 g/mol. The normalized spacial score (nSPS) is 21.7. The molecule has 0 bridgehead atoms. The van der Waals surface area contributed by atoms with Gasteiger partial charge in [0.15, 0.2) is 0 Å². The number of aliphatic carboxylic acids is 1. The van der Waals surface area contributed by atoms with Crippen LogP contribution in [0.5, 0.6) is 5.75 Å². The van der Waals surface area contributed by atoms with Crippen molar-refractivity contribution < 1.29 is 24.2 Å². The predicted molar refractivity (Wildman–Crippen MR) is 147 cm³/mol. The van der Waals surface area contributed by atoms with Gasteiger partial charge in [-0.3, -0.25) is 14.8 Å². The Morgan fingerprint density at radius 1 is 1.03 bits per heavy atom. The average Bonchev–Trinajstić information content (AvgIpc) is 2.90. The lowest BCUT2D eigenvalue weighted by Crippen LogP contribution is -2.34. The van der Waals surface area contributed by atoms with E-state index in [4.69, 9.17) is 47.8 Å². The van der Waals surface area contributed by atoms with Crippen molar-refractivity contribution in [3.8, 4) is 5.75 Å². The van der Waals surface area contributed by atoms with Crippen LogP contribution >= 0.6 is 23.2 Å². The smallest absolute Gasteiger partial charge is 0.338 e. The van der Waals surface area contributed by atoms with Crippen LogP contribution in [0.4, 0.5) is 0 Å². The van der Waals surface area contributed by atoms with Gasteiger partial charge < -0.3 is 14.6 Å². The molecule has 196 valence electrons. The second kappa shape index (κ2) is 11.5. The van der Waals surface area contributed by atoms with E-state index in [1.54, 1.807) is 36.4 Å². The summed E-state index contributed by atoms with van der Waals surface area (Å²) in [6.45, 7) is 0.433. The van der Waals surface area contributed by atoms with Crippen LogP contribution in [0.1, 0.15) is 49.3 Å². The first-order chi connectivity index (χ1) is 18.4. The van der Waals surface area contributed by atoms with Gasteiger partial charge in [0, 0.05) is 34.0 Å². The van der Waals surface area contributed by atoms with Crippen LogP contribution in [0.25, 0.3) is 0 Å². The highest BCUT2D eigenvalue weighted by Crippen LogP contribution is 2.37. The first-order valence-corrected chi connectivity index (χ1v) is 13.3. The van der Waals surface area contributed by atoms with Crippen molar-refractivity contribution in [1.29, 1.82) is 0 Å².